The van der Waals surface area contributed by atoms with Crippen molar-refractivity contribution in [3.63, 3.8) is 0 Å². The van der Waals surface area contributed by atoms with Crippen LogP contribution in [0.3, 0.4) is 0 Å². The molecule has 0 saturated carbocycles. The predicted molar refractivity (Wildman–Crippen MR) is 142 cm³/mol. The lowest BCUT2D eigenvalue weighted by Gasteiger charge is -2.38. The molecule has 1 atom stereocenters. The average Bonchev–Trinajstić information content (AvgIpc) is 2.88. The zero-order valence-corrected chi connectivity index (χ0v) is 21.3. The normalized spacial score (nSPS) is 15.0. The number of hydrogen-bond acceptors (Lipinski definition) is 5. The maximum absolute atomic E-state index is 12.9. The van der Waals surface area contributed by atoms with E-state index in [1.165, 1.54) is 16.1 Å². The van der Waals surface area contributed by atoms with Crippen LogP contribution >= 0.6 is 0 Å². The first-order valence-corrected chi connectivity index (χ1v) is 12.1. The summed E-state index contributed by atoms with van der Waals surface area (Å²) in [7, 11) is 3.63. The Hall–Kier alpha value is -3.36. The number of benzene rings is 2. The molecule has 3 amide bonds. The van der Waals surface area contributed by atoms with Crippen LogP contribution in [0.5, 0.6) is 0 Å². The lowest BCUT2D eigenvalue weighted by molar-refractivity contribution is -0.130. The number of carbonyl (C=O) groups excluding carboxylic acids is 2. The highest BCUT2D eigenvalue weighted by molar-refractivity contribution is 5.93. The second kappa shape index (κ2) is 11.9. The van der Waals surface area contributed by atoms with Gasteiger partial charge in [-0.1, -0.05) is 36.9 Å². The lowest BCUT2D eigenvalue weighted by atomic mass is 9.96. The monoisotopic (exact) mass is 478 g/mol. The van der Waals surface area contributed by atoms with E-state index in [0.717, 1.165) is 43.1 Å². The minimum Gasteiger partial charge on any atom is -0.369 e. The Morgan fingerprint density at radius 3 is 2.11 bits per heavy atom. The van der Waals surface area contributed by atoms with Gasteiger partial charge in [0.05, 0.1) is 11.6 Å². The van der Waals surface area contributed by atoms with Crippen LogP contribution in [0.1, 0.15) is 25.3 Å². The standard InChI is InChI=1S/C27H38N6O2/c1-6-32(27(35)33(28)21(2)3)24-14-12-23(13-15-24)31-18-16-30(17-19-31)20-25(26(34)29(4)5)22-10-8-7-9-11-22/h6-15,21,25H,1,16-20,28H2,2-5H3. The Morgan fingerprint density at radius 1 is 1.00 bits per heavy atom. The van der Waals surface area contributed by atoms with Crippen LogP contribution in [0.4, 0.5) is 16.2 Å². The summed E-state index contributed by atoms with van der Waals surface area (Å²) in [6.45, 7) is 11.7. The number of nitrogens with two attached hydrogens (primary N) is 1. The van der Waals surface area contributed by atoms with Crippen molar-refractivity contribution in [2.75, 3.05) is 56.6 Å². The van der Waals surface area contributed by atoms with Gasteiger partial charge in [-0.05, 0) is 43.7 Å². The molecule has 2 aromatic rings. The molecule has 0 aliphatic carbocycles. The molecule has 0 radical (unpaired) electrons. The first kappa shape index (κ1) is 26.2. The third kappa shape index (κ3) is 6.41. The van der Waals surface area contributed by atoms with E-state index in [1.54, 1.807) is 4.90 Å². The summed E-state index contributed by atoms with van der Waals surface area (Å²) in [4.78, 5) is 33.3. The van der Waals surface area contributed by atoms with Gasteiger partial charge in [-0.2, -0.15) is 0 Å². The molecule has 1 heterocycles. The number of urea groups is 1. The second-order valence-corrected chi connectivity index (χ2v) is 9.34. The number of nitrogens with zero attached hydrogens (tertiary/aromatic N) is 5. The van der Waals surface area contributed by atoms with Crippen LogP contribution in [0.25, 0.3) is 0 Å². The fraction of sp³-hybridized carbons (Fsp3) is 0.407. The highest BCUT2D eigenvalue weighted by atomic mass is 16.2. The van der Waals surface area contributed by atoms with Gasteiger partial charge in [-0.15, -0.1) is 0 Å². The van der Waals surface area contributed by atoms with Crippen LogP contribution in [-0.2, 0) is 4.79 Å². The minimum atomic E-state index is -0.323. The Morgan fingerprint density at radius 2 is 1.60 bits per heavy atom. The van der Waals surface area contributed by atoms with Crippen LogP contribution in [0, 0.1) is 0 Å². The van der Waals surface area contributed by atoms with Crippen molar-refractivity contribution < 1.29 is 9.59 Å². The summed E-state index contributed by atoms with van der Waals surface area (Å²) in [5, 5.41) is 1.19. The van der Waals surface area contributed by atoms with E-state index in [0.29, 0.717) is 6.54 Å². The lowest BCUT2D eigenvalue weighted by Crippen LogP contribution is -2.49. The van der Waals surface area contributed by atoms with Crippen molar-refractivity contribution in [2.45, 2.75) is 25.8 Å². The van der Waals surface area contributed by atoms with Gasteiger partial charge in [-0.25, -0.2) is 10.6 Å². The third-order valence-electron chi connectivity index (χ3n) is 6.41. The Bertz CT molecular complexity index is 984. The molecule has 8 heteroatoms. The van der Waals surface area contributed by atoms with Crippen LogP contribution in [0.2, 0.25) is 0 Å². The molecule has 1 aliphatic heterocycles. The van der Waals surface area contributed by atoms with E-state index in [1.807, 2.05) is 82.5 Å². The summed E-state index contributed by atoms with van der Waals surface area (Å²) in [6.07, 6.45) is 1.48. The molecule has 1 unspecified atom stereocenters. The molecule has 2 N–H and O–H groups in total. The molecular formula is C27H38N6O2. The van der Waals surface area contributed by atoms with Gasteiger partial charge in [0.15, 0.2) is 0 Å². The topological polar surface area (TPSA) is 76.4 Å². The molecule has 8 nitrogen and oxygen atoms in total. The first-order valence-electron chi connectivity index (χ1n) is 12.1. The van der Waals surface area contributed by atoms with E-state index in [9.17, 15) is 9.59 Å². The van der Waals surface area contributed by atoms with Crippen LogP contribution in [-0.4, -0.2) is 79.6 Å². The molecule has 35 heavy (non-hydrogen) atoms. The van der Waals surface area contributed by atoms with Crippen molar-refractivity contribution in [1.82, 2.24) is 14.8 Å². The van der Waals surface area contributed by atoms with Crippen molar-refractivity contribution in [3.8, 4) is 0 Å². The van der Waals surface area contributed by atoms with Gasteiger partial charge in [0.1, 0.15) is 0 Å². The van der Waals surface area contributed by atoms with Gasteiger partial charge in [0.25, 0.3) is 0 Å². The molecule has 0 bridgehead atoms. The summed E-state index contributed by atoms with van der Waals surface area (Å²) in [5.74, 6) is 5.85. The zero-order chi connectivity index (χ0) is 25.5. The number of hydrazine groups is 1. The van der Waals surface area contributed by atoms with E-state index in [4.69, 9.17) is 5.84 Å². The maximum atomic E-state index is 12.9. The highest BCUT2D eigenvalue weighted by Gasteiger charge is 2.27. The third-order valence-corrected chi connectivity index (χ3v) is 6.41. The van der Waals surface area contributed by atoms with Gasteiger partial charge < -0.3 is 9.80 Å². The minimum absolute atomic E-state index is 0.116. The number of hydrogen-bond donors (Lipinski definition) is 1. The molecule has 188 valence electrons. The molecule has 1 fully saturated rings. The Labute approximate surface area is 209 Å². The number of likely N-dealkylation sites (N-methyl/N-ethyl adjacent to an activating group) is 1. The van der Waals surface area contributed by atoms with Crippen molar-refractivity contribution >= 4 is 23.3 Å². The van der Waals surface area contributed by atoms with Gasteiger partial charge in [0.2, 0.25) is 5.91 Å². The second-order valence-electron chi connectivity index (χ2n) is 9.34. The number of amides is 3. The molecule has 0 spiro atoms. The van der Waals surface area contributed by atoms with E-state index < -0.39 is 0 Å². The molecule has 2 aromatic carbocycles. The van der Waals surface area contributed by atoms with Crippen molar-refractivity contribution in [1.29, 1.82) is 0 Å². The molecular weight excluding hydrogens is 440 g/mol. The summed E-state index contributed by atoms with van der Waals surface area (Å²) < 4.78 is 0. The van der Waals surface area contributed by atoms with Gasteiger partial charge in [0, 0.05) is 64.7 Å². The highest BCUT2D eigenvalue weighted by Crippen LogP contribution is 2.25. The number of piperazine rings is 1. The summed E-state index contributed by atoms with van der Waals surface area (Å²) >= 11 is 0. The molecule has 1 saturated heterocycles. The smallest absolute Gasteiger partial charge is 0.342 e. The molecule has 3 rings (SSSR count). The predicted octanol–water partition coefficient (Wildman–Crippen LogP) is 3.33. The number of rotatable bonds is 8. The molecule has 1 aliphatic rings. The Balaban J connectivity index is 1.62. The van der Waals surface area contributed by atoms with Crippen LogP contribution < -0.4 is 15.6 Å². The van der Waals surface area contributed by atoms with Gasteiger partial charge in [-0.3, -0.25) is 19.6 Å². The summed E-state index contributed by atoms with van der Waals surface area (Å²) in [6, 6.07) is 17.5. The Kier molecular flexibility index (Phi) is 8.89. The van der Waals surface area contributed by atoms with Crippen LogP contribution in [0.15, 0.2) is 67.4 Å². The fourth-order valence-corrected chi connectivity index (χ4v) is 4.23. The number of carbonyl (C=O) groups is 2. The molecule has 0 aromatic heterocycles. The summed E-state index contributed by atoms with van der Waals surface area (Å²) in [5.41, 5.74) is 2.87. The fourth-order valence-electron chi connectivity index (χ4n) is 4.23. The zero-order valence-electron chi connectivity index (χ0n) is 21.3. The maximum Gasteiger partial charge on any atom is 0.342 e. The largest absolute Gasteiger partial charge is 0.369 e. The quantitative estimate of drug-likeness (QED) is 0.358. The first-order chi connectivity index (χ1) is 16.7. The van der Waals surface area contributed by atoms with Crippen molar-refractivity contribution in [3.05, 3.63) is 72.9 Å². The van der Waals surface area contributed by atoms with Crippen molar-refractivity contribution in [2.24, 2.45) is 5.84 Å². The van der Waals surface area contributed by atoms with E-state index in [-0.39, 0.29) is 23.9 Å². The number of anilines is 2. The SMILES string of the molecule is C=CN(C(=O)N(N)C(C)C)c1ccc(N2CCN(CC(C(=O)N(C)C)c3ccccc3)CC2)cc1. The van der Waals surface area contributed by atoms with E-state index >= 15 is 0 Å². The van der Waals surface area contributed by atoms with Gasteiger partial charge >= 0.3 is 6.03 Å². The average molecular weight is 479 g/mol. The van der Waals surface area contributed by atoms with E-state index in [2.05, 4.69) is 16.4 Å².